The van der Waals surface area contributed by atoms with E-state index >= 15 is 0 Å². The lowest BCUT2D eigenvalue weighted by atomic mass is 9.91. The van der Waals surface area contributed by atoms with Crippen molar-refractivity contribution in [3.8, 4) is 11.3 Å². The number of pyridine rings is 1. The molecule has 4 aliphatic rings. The topological polar surface area (TPSA) is 55.0 Å². The number of nitrogens with one attached hydrogen (secondary N) is 1. The zero-order chi connectivity index (χ0) is 31.4. The third-order valence-electron chi connectivity index (χ3n) is 10.9. The van der Waals surface area contributed by atoms with Crippen molar-refractivity contribution in [2.75, 3.05) is 76.9 Å². The summed E-state index contributed by atoms with van der Waals surface area (Å²) >= 11 is 0. The Labute approximate surface area is 278 Å². The molecule has 6 rings (SSSR count). The van der Waals surface area contributed by atoms with Gasteiger partial charge in [-0.1, -0.05) is 42.7 Å². The van der Waals surface area contributed by atoms with Crippen molar-refractivity contribution in [1.82, 2.24) is 25.0 Å². The summed E-state index contributed by atoms with van der Waals surface area (Å²) in [6.45, 7) is 12.4. The number of hydrogen-bond acceptors (Lipinski definition) is 6. The summed E-state index contributed by atoms with van der Waals surface area (Å²) in [5.74, 6) is -0.0776. The zero-order valence-corrected chi connectivity index (χ0v) is 28.3. The molecule has 0 unspecified atom stereocenters. The smallest absolute Gasteiger partial charge is 0.269 e. The number of rotatable bonds is 14. The third kappa shape index (κ3) is 9.65. The van der Waals surface area contributed by atoms with Gasteiger partial charge in [0.1, 0.15) is 5.69 Å². The monoisotopic (exact) mass is 626 g/mol. The van der Waals surface area contributed by atoms with Crippen LogP contribution in [0.1, 0.15) is 94.0 Å². The predicted octanol–water partition coefficient (Wildman–Crippen LogP) is 6.61. The van der Waals surface area contributed by atoms with E-state index in [0.717, 1.165) is 56.4 Å². The van der Waals surface area contributed by atoms with E-state index in [-0.39, 0.29) is 5.91 Å². The van der Waals surface area contributed by atoms with Crippen molar-refractivity contribution in [3.63, 3.8) is 0 Å². The minimum Gasteiger partial charge on any atom is -0.369 e. The first-order valence-corrected chi connectivity index (χ1v) is 18.7. The zero-order valence-electron chi connectivity index (χ0n) is 28.3. The summed E-state index contributed by atoms with van der Waals surface area (Å²) in [5, 5.41) is 3.11. The lowest BCUT2D eigenvalue weighted by Gasteiger charge is -2.40. The summed E-state index contributed by atoms with van der Waals surface area (Å²) in [7, 11) is 0. The highest BCUT2D eigenvalue weighted by Crippen LogP contribution is 2.26. The molecule has 1 aliphatic carbocycles. The number of nitrogens with zero attached hydrogens (tertiary/aromatic N) is 5. The average molecular weight is 627 g/mol. The van der Waals surface area contributed by atoms with E-state index in [9.17, 15) is 4.79 Å². The minimum atomic E-state index is -0.0776. The number of aromatic nitrogens is 1. The van der Waals surface area contributed by atoms with Gasteiger partial charge < -0.3 is 20.0 Å². The third-order valence-corrected chi connectivity index (χ3v) is 10.9. The second-order valence-corrected chi connectivity index (χ2v) is 14.1. The molecule has 1 aromatic heterocycles. The van der Waals surface area contributed by atoms with Gasteiger partial charge in [0, 0.05) is 50.0 Å². The van der Waals surface area contributed by atoms with E-state index in [0.29, 0.717) is 12.2 Å². The average Bonchev–Trinajstić information content (AvgIpc) is 3.10. The predicted molar refractivity (Wildman–Crippen MR) is 191 cm³/mol. The van der Waals surface area contributed by atoms with Crippen LogP contribution in [0.2, 0.25) is 0 Å². The molecule has 7 heteroatoms. The number of anilines is 1. The number of allylic oxidation sites excluding steroid dienone is 2. The van der Waals surface area contributed by atoms with Gasteiger partial charge in [-0.15, -0.1) is 0 Å². The van der Waals surface area contributed by atoms with Crippen LogP contribution < -0.4 is 10.2 Å². The first kappa shape index (κ1) is 33.2. The minimum absolute atomic E-state index is 0.0776. The van der Waals surface area contributed by atoms with E-state index in [1.807, 2.05) is 18.2 Å². The number of carbonyl (C=O) groups is 1. The van der Waals surface area contributed by atoms with Gasteiger partial charge in [0.25, 0.3) is 5.91 Å². The second kappa shape index (κ2) is 17.4. The molecular weight excluding hydrogens is 568 g/mol. The number of amides is 1. The van der Waals surface area contributed by atoms with Gasteiger partial charge in [-0.2, -0.15) is 0 Å². The van der Waals surface area contributed by atoms with Gasteiger partial charge in [-0.05, 0) is 134 Å². The fraction of sp³-hybridized carbons (Fsp3) is 0.641. The quantitative estimate of drug-likeness (QED) is 0.188. The van der Waals surface area contributed by atoms with E-state index in [2.05, 4.69) is 55.3 Å². The largest absolute Gasteiger partial charge is 0.369 e. The van der Waals surface area contributed by atoms with Crippen LogP contribution in [0.5, 0.6) is 0 Å². The molecule has 3 aliphatic heterocycles. The molecule has 250 valence electrons. The van der Waals surface area contributed by atoms with Gasteiger partial charge in [0.2, 0.25) is 0 Å². The van der Waals surface area contributed by atoms with Crippen LogP contribution in [0.15, 0.2) is 54.1 Å². The molecule has 7 nitrogen and oxygen atoms in total. The summed E-state index contributed by atoms with van der Waals surface area (Å²) in [6, 6.07) is 15.3. The maximum atomic E-state index is 12.9. The van der Waals surface area contributed by atoms with E-state index < -0.39 is 0 Å². The van der Waals surface area contributed by atoms with E-state index in [1.54, 1.807) is 5.57 Å². The number of piperidine rings is 2. The highest BCUT2D eigenvalue weighted by Gasteiger charge is 2.25. The Hall–Kier alpha value is -2.74. The fourth-order valence-corrected chi connectivity index (χ4v) is 7.73. The number of hydrogen-bond donors (Lipinski definition) is 1. The summed E-state index contributed by atoms with van der Waals surface area (Å²) in [6.07, 6.45) is 19.6. The molecule has 1 amide bonds. The fourth-order valence-electron chi connectivity index (χ4n) is 7.73. The molecule has 0 radical (unpaired) electrons. The Balaban J connectivity index is 0.873. The molecule has 1 N–H and O–H groups in total. The lowest BCUT2D eigenvalue weighted by Crippen LogP contribution is -2.47. The molecular formula is C39H58N6O. The van der Waals surface area contributed by atoms with Crippen LogP contribution in [0.3, 0.4) is 0 Å². The van der Waals surface area contributed by atoms with Crippen LogP contribution in [-0.4, -0.2) is 104 Å². The lowest BCUT2D eigenvalue weighted by molar-refractivity contribution is 0.0901. The van der Waals surface area contributed by atoms with Crippen molar-refractivity contribution in [2.24, 2.45) is 0 Å². The van der Waals surface area contributed by atoms with Gasteiger partial charge in [0.05, 0.1) is 5.69 Å². The van der Waals surface area contributed by atoms with Gasteiger partial charge in [0.15, 0.2) is 0 Å². The molecule has 3 saturated heterocycles. The molecule has 46 heavy (non-hydrogen) atoms. The first-order valence-electron chi connectivity index (χ1n) is 18.7. The second-order valence-electron chi connectivity index (χ2n) is 14.1. The highest BCUT2D eigenvalue weighted by atomic mass is 16.1. The Kier molecular flexibility index (Phi) is 12.6. The molecule has 1 saturated carbocycles. The molecule has 0 atom stereocenters. The van der Waals surface area contributed by atoms with Gasteiger partial charge in [-0.25, -0.2) is 4.98 Å². The summed E-state index contributed by atoms with van der Waals surface area (Å²) < 4.78 is 0. The normalized spacial score (nSPS) is 20.4. The molecule has 0 spiro atoms. The summed E-state index contributed by atoms with van der Waals surface area (Å²) in [5.41, 5.74) is 5.38. The van der Waals surface area contributed by atoms with Crippen molar-refractivity contribution in [3.05, 3.63) is 59.8 Å². The van der Waals surface area contributed by atoms with Crippen LogP contribution in [0.4, 0.5) is 5.69 Å². The van der Waals surface area contributed by atoms with Crippen LogP contribution in [0, 0.1) is 0 Å². The molecule has 1 aromatic carbocycles. The SMILES string of the molecule is O=C(NCCCN1CCC(N2CCCCC2)CC1)c1cccc(-c2ccc(N3CCN(CCCCCC=C4CCC4)CC3)cc2)n1. The molecule has 0 bridgehead atoms. The first-order chi connectivity index (χ1) is 22.7. The highest BCUT2D eigenvalue weighted by molar-refractivity contribution is 5.92. The number of benzene rings is 1. The Morgan fingerprint density at radius 2 is 1.50 bits per heavy atom. The van der Waals surface area contributed by atoms with Crippen molar-refractivity contribution in [1.29, 1.82) is 0 Å². The molecule has 2 aromatic rings. The van der Waals surface area contributed by atoms with Crippen LogP contribution in [0.25, 0.3) is 11.3 Å². The maximum Gasteiger partial charge on any atom is 0.269 e. The number of unbranched alkanes of at least 4 members (excludes halogenated alkanes) is 3. The summed E-state index contributed by atoms with van der Waals surface area (Å²) in [4.78, 5) is 28.1. The van der Waals surface area contributed by atoms with Gasteiger partial charge in [-0.3, -0.25) is 9.69 Å². The Morgan fingerprint density at radius 1 is 0.761 bits per heavy atom. The van der Waals surface area contributed by atoms with Crippen LogP contribution in [-0.2, 0) is 0 Å². The van der Waals surface area contributed by atoms with Gasteiger partial charge >= 0.3 is 0 Å². The molecule has 4 fully saturated rings. The maximum absolute atomic E-state index is 12.9. The Morgan fingerprint density at radius 3 is 2.24 bits per heavy atom. The van der Waals surface area contributed by atoms with Crippen molar-refractivity contribution in [2.45, 2.75) is 89.5 Å². The van der Waals surface area contributed by atoms with Crippen LogP contribution >= 0.6 is 0 Å². The van der Waals surface area contributed by atoms with E-state index in [4.69, 9.17) is 4.98 Å². The molecule has 4 heterocycles. The van der Waals surface area contributed by atoms with Crippen molar-refractivity contribution < 1.29 is 4.79 Å². The number of piperazine rings is 1. The van der Waals surface area contributed by atoms with Crippen molar-refractivity contribution >= 4 is 11.6 Å². The standard InChI is InChI=1S/C39H58N6O/c46-39(40-22-10-24-42-27-20-36(21-28-42)44-25-6-3-7-26-44)38-15-9-14-37(41-38)34-16-18-35(19-17-34)45-31-29-43(30-32-45)23-5-2-1-4-11-33-12-8-13-33/h9,11,14-19,36H,1-8,10,12-13,20-32H2,(H,40,46). The number of carbonyl (C=O) groups excluding carboxylic acids is 1. The Bertz CT molecular complexity index is 1230. The van der Waals surface area contributed by atoms with E-state index in [1.165, 1.54) is 115 Å². The number of likely N-dealkylation sites (tertiary alicyclic amines) is 2.